The lowest BCUT2D eigenvalue weighted by Gasteiger charge is -2.08. The molecule has 0 amide bonds. The first kappa shape index (κ1) is 11.7. The first-order chi connectivity index (χ1) is 8.20. The standard InChI is InChI=1S/C10H13ClN6/c1-12-10-14-6-8(11)9(16-10)13-5-7-3-4-15-17(7)2/h3-4,6H,5H2,1-2H3,(H2,12,13,14,16). The van der Waals surface area contributed by atoms with Crippen LogP contribution in [0, 0.1) is 0 Å². The molecule has 0 spiro atoms. The summed E-state index contributed by atoms with van der Waals surface area (Å²) in [6.07, 6.45) is 3.31. The van der Waals surface area contributed by atoms with Gasteiger partial charge in [0.05, 0.1) is 18.4 Å². The molecule has 0 bridgehead atoms. The van der Waals surface area contributed by atoms with Crippen LogP contribution in [0.4, 0.5) is 11.8 Å². The SMILES string of the molecule is CNc1ncc(Cl)c(NCc2ccnn2C)n1. The fraction of sp³-hybridized carbons (Fsp3) is 0.300. The lowest BCUT2D eigenvalue weighted by molar-refractivity contribution is 0.720. The topological polar surface area (TPSA) is 67.7 Å². The summed E-state index contributed by atoms with van der Waals surface area (Å²) in [5.41, 5.74) is 1.05. The summed E-state index contributed by atoms with van der Waals surface area (Å²) in [7, 11) is 3.64. The third kappa shape index (κ3) is 2.65. The van der Waals surface area contributed by atoms with Crippen LogP contribution in [0.25, 0.3) is 0 Å². The van der Waals surface area contributed by atoms with Crippen molar-refractivity contribution in [3.63, 3.8) is 0 Å². The van der Waals surface area contributed by atoms with E-state index in [-0.39, 0.29) is 0 Å². The number of halogens is 1. The average molecular weight is 253 g/mol. The summed E-state index contributed by atoms with van der Waals surface area (Å²) >= 11 is 6.00. The highest BCUT2D eigenvalue weighted by Crippen LogP contribution is 2.19. The van der Waals surface area contributed by atoms with Gasteiger partial charge >= 0.3 is 0 Å². The van der Waals surface area contributed by atoms with Crippen molar-refractivity contribution in [1.29, 1.82) is 0 Å². The van der Waals surface area contributed by atoms with Crippen LogP contribution in [0.5, 0.6) is 0 Å². The maximum atomic E-state index is 6.00. The van der Waals surface area contributed by atoms with Gasteiger partial charge in [-0.05, 0) is 6.07 Å². The van der Waals surface area contributed by atoms with E-state index in [4.69, 9.17) is 11.6 Å². The second kappa shape index (κ2) is 5.01. The predicted octanol–water partition coefficient (Wildman–Crippen LogP) is 1.52. The first-order valence-electron chi connectivity index (χ1n) is 5.11. The Balaban J connectivity index is 2.11. The maximum Gasteiger partial charge on any atom is 0.224 e. The molecule has 0 aliphatic rings. The van der Waals surface area contributed by atoms with Gasteiger partial charge in [0.1, 0.15) is 5.02 Å². The zero-order valence-electron chi connectivity index (χ0n) is 9.61. The van der Waals surface area contributed by atoms with Crippen LogP contribution >= 0.6 is 11.6 Å². The zero-order chi connectivity index (χ0) is 12.3. The Bertz CT molecular complexity index is 509. The molecule has 0 aromatic carbocycles. The number of aromatic nitrogens is 4. The molecule has 2 N–H and O–H groups in total. The molecule has 0 radical (unpaired) electrons. The van der Waals surface area contributed by atoms with E-state index >= 15 is 0 Å². The van der Waals surface area contributed by atoms with Gasteiger partial charge in [0.15, 0.2) is 5.82 Å². The van der Waals surface area contributed by atoms with Crippen LogP contribution in [0.15, 0.2) is 18.5 Å². The number of anilines is 2. The van der Waals surface area contributed by atoms with Gasteiger partial charge in [0.2, 0.25) is 5.95 Å². The molecule has 2 aromatic heterocycles. The molecule has 7 heteroatoms. The van der Waals surface area contributed by atoms with Gasteiger partial charge in [-0.1, -0.05) is 11.6 Å². The highest BCUT2D eigenvalue weighted by atomic mass is 35.5. The van der Waals surface area contributed by atoms with Crippen LogP contribution in [-0.2, 0) is 13.6 Å². The van der Waals surface area contributed by atoms with Gasteiger partial charge < -0.3 is 10.6 Å². The summed E-state index contributed by atoms with van der Waals surface area (Å²) in [6.45, 7) is 0.608. The van der Waals surface area contributed by atoms with E-state index < -0.39 is 0 Å². The number of nitrogens with one attached hydrogen (secondary N) is 2. The monoisotopic (exact) mass is 252 g/mol. The third-order valence-corrected chi connectivity index (χ3v) is 2.60. The second-order valence-corrected chi connectivity index (χ2v) is 3.85. The van der Waals surface area contributed by atoms with Gasteiger partial charge in [-0.25, -0.2) is 4.98 Å². The maximum absolute atomic E-state index is 6.00. The lowest BCUT2D eigenvalue weighted by atomic mass is 10.4. The first-order valence-corrected chi connectivity index (χ1v) is 5.49. The molecule has 0 fully saturated rings. The van der Waals surface area contributed by atoms with Gasteiger partial charge in [0, 0.05) is 20.3 Å². The molecular formula is C10H13ClN6. The van der Waals surface area contributed by atoms with Crippen LogP contribution in [0.1, 0.15) is 5.69 Å². The number of aryl methyl sites for hydroxylation is 1. The van der Waals surface area contributed by atoms with Gasteiger partial charge in [-0.3, -0.25) is 4.68 Å². The van der Waals surface area contributed by atoms with Crippen molar-refractivity contribution >= 4 is 23.4 Å². The fourth-order valence-corrected chi connectivity index (χ4v) is 1.52. The molecule has 0 unspecified atom stereocenters. The minimum absolute atomic E-state index is 0.492. The Morgan fingerprint density at radius 2 is 2.29 bits per heavy atom. The summed E-state index contributed by atoms with van der Waals surface area (Å²) in [4.78, 5) is 8.23. The Hall–Kier alpha value is -1.82. The molecule has 90 valence electrons. The van der Waals surface area contributed by atoms with Crippen molar-refractivity contribution in [1.82, 2.24) is 19.7 Å². The van der Waals surface area contributed by atoms with E-state index in [0.717, 1.165) is 5.69 Å². The molecular weight excluding hydrogens is 240 g/mol. The third-order valence-electron chi connectivity index (χ3n) is 2.33. The van der Waals surface area contributed by atoms with E-state index in [0.29, 0.717) is 23.3 Å². The summed E-state index contributed by atoms with van der Waals surface area (Å²) in [5.74, 6) is 1.13. The molecule has 6 nitrogen and oxygen atoms in total. The number of hydrogen-bond acceptors (Lipinski definition) is 5. The molecule has 0 saturated heterocycles. The predicted molar refractivity (Wildman–Crippen MR) is 67.1 cm³/mol. The van der Waals surface area contributed by atoms with E-state index in [1.54, 1.807) is 24.1 Å². The van der Waals surface area contributed by atoms with Gasteiger partial charge in [0.25, 0.3) is 0 Å². The van der Waals surface area contributed by atoms with Gasteiger partial charge in [-0.2, -0.15) is 10.1 Å². The molecule has 2 heterocycles. The van der Waals surface area contributed by atoms with Crippen molar-refractivity contribution in [2.75, 3.05) is 17.7 Å². The number of rotatable bonds is 4. The second-order valence-electron chi connectivity index (χ2n) is 3.44. The fourth-order valence-electron chi connectivity index (χ4n) is 1.36. The van der Waals surface area contributed by atoms with Crippen LogP contribution in [0.3, 0.4) is 0 Å². The Morgan fingerprint density at radius 3 is 2.94 bits per heavy atom. The average Bonchev–Trinajstić information content (AvgIpc) is 2.74. The van der Waals surface area contributed by atoms with E-state index in [1.165, 1.54) is 0 Å². The largest absolute Gasteiger partial charge is 0.363 e. The Labute approximate surface area is 104 Å². The highest BCUT2D eigenvalue weighted by molar-refractivity contribution is 6.32. The molecule has 0 aliphatic heterocycles. The molecule has 0 saturated carbocycles. The summed E-state index contributed by atoms with van der Waals surface area (Å²) in [5, 5.41) is 10.6. The quantitative estimate of drug-likeness (QED) is 0.864. The lowest BCUT2D eigenvalue weighted by Crippen LogP contribution is -2.08. The van der Waals surface area contributed by atoms with Gasteiger partial charge in [-0.15, -0.1) is 0 Å². The van der Waals surface area contributed by atoms with Crippen LogP contribution in [-0.4, -0.2) is 26.8 Å². The van der Waals surface area contributed by atoms with Crippen molar-refractivity contribution in [2.24, 2.45) is 7.05 Å². The molecule has 2 aromatic rings. The Kier molecular flexibility index (Phi) is 3.43. The van der Waals surface area contributed by atoms with Crippen molar-refractivity contribution in [3.8, 4) is 0 Å². The normalized spacial score (nSPS) is 10.3. The summed E-state index contributed by atoms with van der Waals surface area (Å²) < 4.78 is 1.79. The molecule has 0 aliphatic carbocycles. The van der Waals surface area contributed by atoms with Crippen molar-refractivity contribution in [2.45, 2.75) is 6.54 Å². The van der Waals surface area contributed by atoms with Crippen LogP contribution < -0.4 is 10.6 Å². The zero-order valence-corrected chi connectivity index (χ0v) is 10.4. The minimum atomic E-state index is 0.492. The smallest absolute Gasteiger partial charge is 0.224 e. The minimum Gasteiger partial charge on any atom is -0.363 e. The summed E-state index contributed by atoms with van der Waals surface area (Å²) in [6, 6.07) is 1.93. The van der Waals surface area contributed by atoms with E-state index in [1.807, 2.05) is 13.1 Å². The van der Waals surface area contributed by atoms with Crippen molar-refractivity contribution < 1.29 is 0 Å². The van der Waals surface area contributed by atoms with Crippen LogP contribution in [0.2, 0.25) is 5.02 Å². The Morgan fingerprint density at radius 1 is 1.47 bits per heavy atom. The highest BCUT2D eigenvalue weighted by Gasteiger charge is 2.05. The van der Waals surface area contributed by atoms with E-state index in [2.05, 4.69) is 25.7 Å². The molecule has 0 atom stereocenters. The molecule has 17 heavy (non-hydrogen) atoms. The number of nitrogens with zero attached hydrogens (tertiary/aromatic N) is 4. The number of hydrogen-bond donors (Lipinski definition) is 2. The van der Waals surface area contributed by atoms with Crippen molar-refractivity contribution in [3.05, 3.63) is 29.2 Å². The van der Waals surface area contributed by atoms with E-state index in [9.17, 15) is 0 Å². The molecule has 2 rings (SSSR count).